The lowest BCUT2D eigenvalue weighted by Gasteiger charge is -2.25. The van der Waals surface area contributed by atoms with Gasteiger partial charge < -0.3 is 10.6 Å². The zero-order valence-corrected chi connectivity index (χ0v) is 19.3. The summed E-state index contributed by atoms with van der Waals surface area (Å²) in [7, 11) is -3.25. The van der Waals surface area contributed by atoms with E-state index in [1.807, 2.05) is 11.6 Å². The first kappa shape index (κ1) is 22.3. The molecule has 1 aliphatic carbocycles. The Kier molecular flexibility index (Phi) is 6.45. The van der Waals surface area contributed by atoms with Crippen molar-refractivity contribution in [2.45, 2.75) is 63.1 Å². The van der Waals surface area contributed by atoms with Crippen LogP contribution in [0.1, 0.15) is 54.9 Å². The molecule has 2 heterocycles. The molecule has 0 spiro atoms. The van der Waals surface area contributed by atoms with Gasteiger partial charge in [0.1, 0.15) is 0 Å². The van der Waals surface area contributed by atoms with Crippen molar-refractivity contribution in [3.05, 3.63) is 47.8 Å². The van der Waals surface area contributed by atoms with E-state index in [-0.39, 0.29) is 17.3 Å². The van der Waals surface area contributed by atoms with Crippen LogP contribution in [0.3, 0.4) is 0 Å². The third-order valence-electron chi connectivity index (χ3n) is 5.97. The Balaban J connectivity index is 1.57. The fourth-order valence-corrected chi connectivity index (χ4v) is 4.80. The smallest absolute Gasteiger partial charge is 0.255 e. The second kappa shape index (κ2) is 9.28. The Labute approximate surface area is 188 Å². The van der Waals surface area contributed by atoms with Gasteiger partial charge in [-0.1, -0.05) is 31.4 Å². The van der Waals surface area contributed by atoms with Gasteiger partial charge in [0.25, 0.3) is 5.91 Å². The lowest BCUT2D eigenvalue weighted by Crippen LogP contribution is -2.27. The molecule has 9 heteroatoms. The van der Waals surface area contributed by atoms with E-state index >= 15 is 0 Å². The number of nitrogens with one attached hydrogen (secondary N) is 2. The number of carbonyl (C=O) groups is 1. The second-order valence-electron chi connectivity index (χ2n) is 8.32. The van der Waals surface area contributed by atoms with Crippen LogP contribution in [0.15, 0.2) is 41.6 Å². The maximum atomic E-state index is 13.1. The molecule has 1 saturated carbocycles. The highest BCUT2D eigenvalue weighted by Gasteiger charge is 2.22. The van der Waals surface area contributed by atoms with Gasteiger partial charge in [0, 0.05) is 31.6 Å². The van der Waals surface area contributed by atoms with Crippen LogP contribution in [0, 0.1) is 0 Å². The van der Waals surface area contributed by atoms with E-state index in [4.69, 9.17) is 0 Å². The van der Waals surface area contributed by atoms with Crippen LogP contribution in [-0.2, 0) is 22.9 Å². The summed E-state index contributed by atoms with van der Waals surface area (Å²) in [5, 5.41) is 11.8. The number of fused-ring (bicyclic) bond motifs is 1. The van der Waals surface area contributed by atoms with Crippen molar-refractivity contribution in [1.82, 2.24) is 20.1 Å². The van der Waals surface area contributed by atoms with Gasteiger partial charge in [-0.25, -0.2) is 18.1 Å². The number of carbonyl (C=O) groups excluding carboxylic acids is 1. The minimum Gasteiger partial charge on any atom is -0.381 e. The number of hydrogen-bond acceptors (Lipinski definition) is 6. The van der Waals surface area contributed by atoms with Gasteiger partial charge in [0.15, 0.2) is 15.5 Å². The number of pyridine rings is 1. The van der Waals surface area contributed by atoms with Crippen molar-refractivity contribution in [3.8, 4) is 0 Å². The predicted octanol–water partition coefficient (Wildman–Crippen LogP) is 3.53. The van der Waals surface area contributed by atoms with Gasteiger partial charge in [-0.3, -0.25) is 4.79 Å². The number of aromatic nitrogens is 3. The van der Waals surface area contributed by atoms with Crippen LogP contribution in [0.25, 0.3) is 11.0 Å². The number of hydrogen-bond donors (Lipinski definition) is 2. The van der Waals surface area contributed by atoms with Crippen molar-refractivity contribution < 1.29 is 13.2 Å². The summed E-state index contributed by atoms with van der Waals surface area (Å²) in [5.74, 6) is -0.228. The summed E-state index contributed by atoms with van der Waals surface area (Å²) in [6, 6.07) is 6.86. The molecule has 1 aromatic carbocycles. The molecule has 0 atom stereocenters. The van der Waals surface area contributed by atoms with Crippen molar-refractivity contribution in [1.29, 1.82) is 0 Å². The van der Waals surface area contributed by atoms with Gasteiger partial charge in [-0.05, 0) is 37.5 Å². The summed E-state index contributed by atoms with van der Waals surface area (Å²) < 4.78 is 25.1. The number of rotatable bonds is 7. The maximum absolute atomic E-state index is 13.1. The number of anilines is 1. The van der Waals surface area contributed by atoms with E-state index < -0.39 is 9.84 Å². The number of benzene rings is 1. The minimum absolute atomic E-state index is 0.228. The Hall–Kier alpha value is -2.94. The van der Waals surface area contributed by atoms with Crippen molar-refractivity contribution >= 4 is 32.5 Å². The molecular weight excluding hydrogens is 426 g/mol. The molecule has 8 nitrogen and oxygen atoms in total. The van der Waals surface area contributed by atoms with Crippen LogP contribution in [0.4, 0.5) is 5.69 Å². The van der Waals surface area contributed by atoms with E-state index in [1.165, 1.54) is 25.5 Å². The molecule has 1 aliphatic rings. The first-order valence-electron chi connectivity index (χ1n) is 11.0. The van der Waals surface area contributed by atoms with Gasteiger partial charge >= 0.3 is 0 Å². The Morgan fingerprint density at radius 1 is 1.12 bits per heavy atom. The summed E-state index contributed by atoms with van der Waals surface area (Å²) >= 11 is 0. The quantitative estimate of drug-likeness (QED) is 0.565. The van der Waals surface area contributed by atoms with Gasteiger partial charge in [0.2, 0.25) is 0 Å². The predicted molar refractivity (Wildman–Crippen MR) is 124 cm³/mol. The number of sulfone groups is 1. The molecule has 4 rings (SSSR count). The number of nitrogens with zero attached hydrogens (tertiary/aromatic N) is 3. The van der Waals surface area contributed by atoms with Crippen LogP contribution in [0.5, 0.6) is 0 Å². The van der Waals surface area contributed by atoms with Crippen molar-refractivity contribution in [2.75, 3.05) is 11.6 Å². The van der Waals surface area contributed by atoms with Crippen LogP contribution in [0.2, 0.25) is 0 Å². The third kappa shape index (κ3) is 4.77. The molecule has 170 valence electrons. The highest BCUT2D eigenvalue weighted by atomic mass is 32.2. The summed E-state index contributed by atoms with van der Waals surface area (Å²) in [5.41, 5.74) is 2.86. The maximum Gasteiger partial charge on any atom is 0.255 e. The van der Waals surface area contributed by atoms with E-state index in [0.29, 0.717) is 18.2 Å². The SMILES string of the molecule is CCn1ncc2c(NC3CCCCC3)c(C(=O)NCc3ccc(S(C)(=O)=O)cc3)cnc21. The molecule has 2 aromatic heterocycles. The Morgan fingerprint density at radius 3 is 2.50 bits per heavy atom. The Morgan fingerprint density at radius 2 is 1.84 bits per heavy atom. The van der Waals surface area contributed by atoms with Crippen LogP contribution < -0.4 is 10.6 Å². The standard InChI is InChI=1S/C23H29N5O3S/c1-3-28-22-19(15-26-28)21(27-17-7-5-4-6-8-17)20(14-24-22)23(29)25-13-16-9-11-18(12-10-16)32(2,30)31/h9-12,14-15,17H,3-8,13H2,1-2H3,(H,24,27)(H,25,29). The zero-order valence-electron chi connectivity index (χ0n) is 18.5. The normalized spacial score (nSPS) is 15.1. The largest absolute Gasteiger partial charge is 0.381 e. The molecule has 0 aliphatic heterocycles. The monoisotopic (exact) mass is 455 g/mol. The van der Waals surface area contributed by atoms with E-state index in [1.54, 1.807) is 36.7 Å². The highest BCUT2D eigenvalue weighted by molar-refractivity contribution is 7.90. The average Bonchev–Trinajstić information content (AvgIpc) is 3.22. The fourth-order valence-electron chi connectivity index (χ4n) is 4.17. The zero-order chi connectivity index (χ0) is 22.7. The highest BCUT2D eigenvalue weighted by Crippen LogP contribution is 2.30. The van der Waals surface area contributed by atoms with Gasteiger partial charge in [-0.2, -0.15) is 5.10 Å². The van der Waals surface area contributed by atoms with Crippen LogP contribution >= 0.6 is 0 Å². The average molecular weight is 456 g/mol. The first-order chi connectivity index (χ1) is 15.4. The molecular formula is C23H29N5O3S. The molecule has 2 N–H and O–H groups in total. The van der Waals surface area contributed by atoms with E-state index in [0.717, 1.165) is 35.1 Å². The summed E-state index contributed by atoms with van der Waals surface area (Å²) in [6.45, 7) is 3.00. The van der Waals surface area contributed by atoms with Crippen molar-refractivity contribution in [2.24, 2.45) is 0 Å². The number of amides is 1. The lowest BCUT2D eigenvalue weighted by atomic mass is 9.95. The first-order valence-corrected chi connectivity index (χ1v) is 12.9. The minimum atomic E-state index is -3.25. The lowest BCUT2D eigenvalue weighted by molar-refractivity contribution is 0.0951. The molecule has 0 bridgehead atoms. The van der Waals surface area contributed by atoms with Gasteiger partial charge in [-0.15, -0.1) is 0 Å². The fraction of sp³-hybridized carbons (Fsp3) is 0.435. The van der Waals surface area contributed by atoms with Crippen molar-refractivity contribution in [3.63, 3.8) is 0 Å². The summed E-state index contributed by atoms with van der Waals surface area (Å²) in [6.07, 6.45) is 10.4. The van der Waals surface area contributed by atoms with E-state index in [9.17, 15) is 13.2 Å². The third-order valence-corrected chi connectivity index (χ3v) is 7.10. The van der Waals surface area contributed by atoms with Crippen LogP contribution in [-0.4, -0.2) is 41.4 Å². The molecule has 3 aromatic rings. The summed E-state index contributed by atoms with van der Waals surface area (Å²) in [4.78, 5) is 17.9. The van der Waals surface area contributed by atoms with Gasteiger partial charge in [0.05, 0.1) is 27.7 Å². The Bertz CT molecular complexity index is 1210. The molecule has 1 fully saturated rings. The molecule has 0 saturated heterocycles. The molecule has 0 unspecified atom stereocenters. The number of aryl methyl sites for hydroxylation is 1. The van der Waals surface area contributed by atoms with E-state index in [2.05, 4.69) is 20.7 Å². The molecule has 0 radical (unpaired) electrons. The molecule has 32 heavy (non-hydrogen) atoms. The topological polar surface area (TPSA) is 106 Å². The second-order valence-corrected chi connectivity index (χ2v) is 10.3. The molecule has 1 amide bonds.